The number of hydrogen-bond donors (Lipinski definition) is 2. The van der Waals surface area contributed by atoms with Crippen molar-refractivity contribution in [3.8, 4) is 6.07 Å². The van der Waals surface area contributed by atoms with E-state index in [1.807, 2.05) is 12.1 Å². The summed E-state index contributed by atoms with van der Waals surface area (Å²) in [5.74, 6) is 0.669. The van der Waals surface area contributed by atoms with E-state index in [-0.39, 0.29) is 11.3 Å². The van der Waals surface area contributed by atoms with E-state index in [4.69, 9.17) is 11.1 Å². The Kier molecular flexibility index (Phi) is 5.01. The normalized spacial score (nSPS) is 25.2. The average Bonchev–Trinajstić information content (AvgIpc) is 2.53. The lowest BCUT2D eigenvalue weighted by molar-refractivity contribution is 0.224. The summed E-state index contributed by atoms with van der Waals surface area (Å²) >= 11 is 0. The Morgan fingerprint density at radius 1 is 1.33 bits per heavy atom. The maximum atomic E-state index is 9.53. The van der Waals surface area contributed by atoms with E-state index in [2.05, 4.69) is 25.1 Å². The zero-order valence-electron chi connectivity index (χ0n) is 12.9. The van der Waals surface area contributed by atoms with Gasteiger partial charge in [0.1, 0.15) is 5.84 Å². The maximum Gasteiger partial charge on any atom is 0.122 e. The van der Waals surface area contributed by atoms with E-state index in [0.717, 1.165) is 44.1 Å². The quantitative estimate of drug-likeness (QED) is 0.623. The number of nitriles is 1. The van der Waals surface area contributed by atoms with Crippen LogP contribution in [0.4, 0.5) is 0 Å². The van der Waals surface area contributed by atoms with Crippen LogP contribution in [0, 0.1) is 22.2 Å². The first-order valence-electron chi connectivity index (χ1n) is 7.96. The number of hydrogen-bond acceptors (Lipinski definition) is 2. The minimum atomic E-state index is -0.0775. The van der Waals surface area contributed by atoms with E-state index < -0.39 is 0 Å². The Labute approximate surface area is 127 Å². The van der Waals surface area contributed by atoms with Gasteiger partial charge in [-0.3, -0.25) is 5.41 Å². The SMILES string of the molecule is CCCCC1(C#N)CCC(c2ccc(C(=N)N)cc2)CC1. The van der Waals surface area contributed by atoms with Gasteiger partial charge in [0.2, 0.25) is 0 Å². The predicted molar refractivity (Wildman–Crippen MR) is 86.2 cm³/mol. The van der Waals surface area contributed by atoms with Gasteiger partial charge in [-0.2, -0.15) is 5.26 Å². The van der Waals surface area contributed by atoms with Crippen LogP contribution in [-0.2, 0) is 0 Å². The molecule has 0 amide bonds. The van der Waals surface area contributed by atoms with Crippen LogP contribution in [0.15, 0.2) is 24.3 Å². The van der Waals surface area contributed by atoms with Crippen LogP contribution in [-0.4, -0.2) is 5.84 Å². The number of rotatable bonds is 5. The highest BCUT2D eigenvalue weighted by Gasteiger charge is 2.35. The molecule has 112 valence electrons. The van der Waals surface area contributed by atoms with Crippen molar-refractivity contribution in [1.29, 1.82) is 10.7 Å². The third-order valence-corrected chi connectivity index (χ3v) is 4.88. The molecule has 0 bridgehead atoms. The number of benzene rings is 1. The molecule has 1 aliphatic rings. The van der Waals surface area contributed by atoms with Crippen molar-refractivity contribution in [1.82, 2.24) is 0 Å². The van der Waals surface area contributed by atoms with E-state index >= 15 is 0 Å². The topological polar surface area (TPSA) is 73.7 Å². The molecule has 3 heteroatoms. The van der Waals surface area contributed by atoms with Gasteiger partial charge in [0, 0.05) is 5.56 Å². The highest BCUT2D eigenvalue weighted by atomic mass is 14.7. The van der Waals surface area contributed by atoms with Crippen LogP contribution in [0.25, 0.3) is 0 Å². The molecule has 0 aromatic heterocycles. The van der Waals surface area contributed by atoms with Crippen LogP contribution in [0.1, 0.15) is 68.9 Å². The van der Waals surface area contributed by atoms with Crippen LogP contribution >= 0.6 is 0 Å². The Hall–Kier alpha value is -1.82. The van der Waals surface area contributed by atoms with Crippen molar-refractivity contribution in [2.45, 2.75) is 57.8 Å². The fourth-order valence-electron chi connectivity index (χ4n) is 3.37. The largest absolute Gasteiger partial charge is 0.384 e. The molecule has 1 fully saturated rings. The van der Waals surface area contributed by atoms with Crippen LogP contribution in [0.2, 0.25) is 0 Å². The van der Waals surface area contributed by atoms with E-state index in [0.29, 0.717) is 5.92 Å². The van der Waals surface area contributed by atoms with Gasteiger partial charge in [-0.05, 0) is 43.6 Å². The maximum absolute atomic E-state index is 9.53. The van der Waals surface area contributed by atoms with Gasteiger partial charge in [-0.25, -0.2) is 0 Å². The average molecular weight is 283 g/mol. The zero-order valence-corrected chi connectivity index (χ0v) is 12.9. The lowest BCUT2D eigenvalue weighted by Gasteiger charge is -2.35. The molecule has 0 atom stereocenters. The number of amidine groups is 1. The summed E-state index contributed by atoms with van der Waals surface area (Å²) in [5, 5.41) is 17.0. The van der Waals surface area contributed by atoms with Crippen molar-refractivity contribution >= 4 is 5.84 Å². The molecule has 1 aromatic rings. The van der Waals surface area contributed by atoms with Gasteiger partial charge in [-0.15, -0.1) is 0 Å². The highest BCUT2D eigenvalue weighted by molar-refractivity contribution is 5.94. The van der Waals surface area contributed by atoms with Crippen molar-refractivity contribution in [3.63, 3.8) is 0 Å². The molecule has 3 N–H and O–H groups in total. The first-order valence-corrected chi connectivity index (χ1v) is 7.96. The molecule has 1 aromatic carbocycles. The van der Waals surface area contributed by atoms with Crippen LogP contribution in [0.3, 0.4) is 0 Å². The second kappa shape index (κ2) is 6.76. The summed E-state index contributed by atoms with van der Waals surface area (Å²) in [6.45, 7) is 2.19. The standard InChI is InChI=1S/C18H25N3/c1-2-3-10-18(13-19)11-8-15(9-12-18)14-4-6-16(7-5-14)17(20)21/h4-7,15H,2-3,8-12H2,1H3,(H3,20,21). The number of nitrogens with one attached hydrogen (secondary N) is 1. The Balaban J connectivity index is 2.00. The molecule has 0 heterocycles. The predicted octanol–water partition coefficient (Wildman–Crippen LogP) is 4.33. The molecule has 21 heavy (non-hydrogen) atoms. The molecule has 0 spiro atoms. The van der Waals surface area contributed by atoms with Gasteiger partial charge in [0.05, 0.1) is 11.5 Å². The summed E-state index contributed by atoms with van der Waals surface area (Å²) in [4.78, 5) is 0. The Bertz CT molecular complexity index is 516. The smallest absolute Gasteiger partial charge is 0.122 e. The minimum absolute atomic E-state index is 0.0775. The first-order chi connectivity index (χ1) is 10.1. The molecule has 0 radical (unpaired) electrons. The molecule has 1 aliphatic carbocycles. The highest BCUT2D eigenvalue weighted by Crippen LogP contribution is 2.45. The van der Waals surface area contributed by atoms with Crippen molar-refractivity contribution in [2.75, 3.05) is 0 Å². The summed E-state index contributed by atoms with van der Waals surface area (Å²) in [5.41, 5.74) is 7.51. The molecule has 0 unspecified atom stereocenters. The molecular formula is C18H25N3. The third kappa shape index (κ3) is 3.64. The van der Waals surface area contributed by atoms with Crippen molar-refractivity contribution < 1.29 is 0 Å². The lowest BCUT2D eigenvalue weighted by Crippen LogP contribution is -2.25. The summed E-state index contributed by atoms with van der Waals surface area (Å²) in [6.07, 6.45) is 7.60. The van der Waals surface area contributed by atoms with Gasteiger partial charge < -0.3 is 5.73 Å². The van der Waals surface area contributed by atoms with Gasteiger partial charge in [0.15, 0.2) is 0 Å². The minimum Gasteiger partial charge on any atom is -0.384 e. The molecular weight excluding hydrogens is 258 g/mol. The lowest BCUT2D eigenvalue weighted by atomic mass is 9.67. The second-order valence-corrected chi connectivity index (χ2v) is 6.31. The summed E-state index contributed by atoms with van der Waals surface area (Å²) < 4.78 is 0. The van der Waals surface area contributed by atoms with Gasteiger partial charge in [-0.1, -0.05) is 44.0 Å². The Morgan fingerprint density at radius 3 is 2.43 bits per heavy atom. The number of nitrogen functional groups attached to an aromatic ring is 1. The fraction of sp³-hybridized carbons (Fsp3) is 0.556. The summed E-state index contributed by atoms with van der Waals surface area (Å²) in [7, 11) is 0. The first kappa shape index (κ1) is 15.6. The summed E-state index contributed by atoms with van der Waals surface area (Å²) in [6, 6.07) is 10.6. The number of unbranched alkanes of at least 4 members (excludes halogenated alkanes) is 1. The molecule has 0 aliphatic heterocycles. The molecule has 0 saturated heterocycles. The Morgan fingerprint density at radius 2 is 1.95 bits per heavy atom. The number of nitrogens with zero attached hydrogens (tertiary/aromatic N) is 1. The van der Waals surface area contributed by atoms with Crippen LogP contribution in [0.5, 0.6) is 0 Å². The van der Waals surface area contributed by atoms with Gasteiger partial charge >= 0.3 is 0 Å². The zero-order chi connectivity index (χ0) is 15.3. The van der Waals surface area contributed by atoms with Gasteiger partial charge in [0.25, 0.3) is 0 Å². The van der Waals surface area contributed by atoms with E-state index in [1.165, 1.54) is 12.0 Å². The number of nitrogens with two attached hydrogens (primary N) is 1. The van der Waals surface area contributed by atoms with Crippen molar-refractivity contribution in [3.05, 3.63) is 35.4 Å². The molecule has 3 nitrogen and oxygen atoms in total. The van der Waals surface area contributed by atoms with E-state index in [9.17, 15) is 5.26 Å². The van der Waals surface area contributed by atoms with Crippen LogP contribution < -0.4 is 5.73 Å². The monoisotopic (exact) mass is 283 g/mol. The molecule has 1 saturated carbocycles. The van der Waals surface area contributed by atoms with Crippen molar-refractivity contribution in [2.24, 2.45) is 11.1 Å². The molecule has 2 rings (SSSR count). The van der Waals surface area contributed by atoms with E-state index in [1.54, 1.807) is 0 Å². The fourth-order valence-corrected chi connectivity index (χ4v) is 3.37. The third-order valence-electron chi connectivity index (χ3n) is 4.88. The second-order valence-electron chi connectivity index (χ2n) is 6.31.